The van der Waals surface area contributed by atoms with Crippen molar-refractivity contribution < 1.29 is 17.9 Å². The van der Waals surface area contributed by atoms with Crippen molar-refractivity contribution in [2.24, 2.45) is 17.6 Å². The Bertz CT molecular complexity index is 1070. The minimum Gasteiger partial charge on any atom is -0.493 e. The van der Waals surface area contributed by atoms with Gasteiger partial charge in [0.15, 0.2) is 0 Å². The summed E-state index contributed by atoms with van der Waals surface area (Å²) in [5, 5.41) is 0.456. The third kappa shape index (κ3) is 4.69. The van der Waals surface area contributed by atoms with E-state index >= 15 is 0 Å². The molecule has 1 aliphatic carbocycles. The summed E-state index contributed by atoms with van der Waals surface area (Å²) in [6, 6.07) is 10.2. The maximum atomic E-state index is 13.2. The Labute approximate surface area is 199 Å². The highest BCUT2D eigenvalue weighted by atomic mass is 35.5. The van der Waals surface area contributed by atoms with Gasteiger partial charge in [-0.05, 0) is 80.5 Å². The zero-order valence-corrected chi connectivity index (χ0v) is 20.1. The molecule has 2 aliphatic rings. The first-order valence-corrected chi connectivity index (χ1v) is 12.2. The van der Waals surface area contributed by atoms with E-state index in [0.717, 1.165) is 36.5 Å². The molecule has 0 unspecified atom stereocenters. The highest BCUT2D eigenvalue weighted by molar-refractivity contribution is 7.94. The molecule has 1 heterocycles. The van der Waals surface area contributed by atoms with Crippen molar-refractivity contribution in [2.45, 2.75) is 30.6 Å². The molecule has 2 aromatic rings. The van der Waals surface area contributed by atoms with Crippen molar-refractivity contribution in [2.75, 3.05) is 29.4 Å². The summed E-state index contributed by atoms with van der Waals surface area (Å²) < 4.78 is 33.2. The number of rotatable bonds is 5. The smallest absolute Gasteiger partial charge is 0.342 e. The molecule has 7 nitrogen and oxygen atoms in total. The van der Waals surface area contributed by atoms with Crippen LogP contribution in [0.5, 0.6) is 5.75 Å². The first-order chi connectivity index (χ1) is 14.8. The molecule has 174 valence electrons. The number of nitrogens with two attached hydrogens (primary N) is 1. The summed E-state index contributed by atoms with van der Waals surface area (Å²) in [6.45, 7) is 1.30. The summed E-state index contributed by atoms with van der Waals surface area (Å²) >= 11 is 5.90. The molecule has 2 N–H and O–H groups in total. The summed E-state index contributed by atoms with van der Waals surface area (Å²) in [6.07, 6.45) is 4.39. The number of carbonyl (C=O) groups excluding carboxylic acids is 1. The average Bonchev–Trinajstić information content (AvgIpc) is 2.77. The van der Waals surface area contributed by atoms with E-state index in [1.165, 1.54) is 23.1 Å². The molecule has 1 fully saturated rings. The molecular weight excluding hydrogens is 473 g/mol. The van der Waals surface area contributed by atoms with Gasteiger partial charge >= 0.3 is 6.03 Å². The molecule has 1 aliphatic heterocycles. The number of amides is 2. The number of fused-ring (bicyclic) bond motifs is 1. The maximum Gasteiger partial charge on any atom is 0.342 e. The number of nitrogens with zero attached hydrogens (tertiary/aromatic N) is 2. The lowest BCUT2D eigenvalue weighted by atomic mass is 9.82. The normalized spacial score (nSPS) is 22.2. The van der Waals surface area contributed by atoms with E-state index in [9.17, 15) is 13.2 Å². The predicted molar refractivity (Wildman–Crippen MR) is 129 cm³/mol. The number of urea groups is 1. The number of hydrogen-bond acceptors (Lipinski definition) is 5. The van der Waals surface area contributed by atoms with Crippen LogP contribution in [-0.4, -0.2) is 34.6 Å². The molecule has 2 amide bonds. The quantitative estimate of drug-likeness (QED) is 0.644. The molecule has 4 rings (SSSR count). The van der Waals surface area contributed by atoms with Crippen LogP contribution < -0.4 is 19.7 Å². The number of benzene rings is 2. The van der Waals surface area contributed by atoms with Crippen molar-refractivity contribution in [3.8, 4) is 5.75 Å². The standard InChI is InChI=1S/C22H26ClN3O4S.ClH/c1-25-20-12-19(30-14-16-4-2-15(13-24)3-5-16)10-11-21(20)31(28,29)26(22(25)27)18-8-6-17(23)7-9-18;/h6-12,15-16H,2-5,13-14,24H2,1H3;1H. The van der Waals surface area contributed by atoms with Crippen molar-refractivity contribution >= 4 is 51.4 Å². The number of anilines is 2. The number of halogens is 2. The van der Waals surface area contributed by atoms with Crippen LogP contribution in [-0.2, 0) is 10.0 Å². The van der Waals surface area contributed by atoms with Crippen LogP contribution in [0.25, 0.3) is 0 Å². The van der Waals surface area contributed by atoms with Gasteiger partial charge in [0.2, 0.25) is 0 Å². The van der Waals surface area contributed by atoms with E-state index in [2.05, 4.69) is 0 Å². The molecule has 0 aromatic heterocycles. The largest absolute Gasteiger partial charge is 0.493 e. The van der Waals surface area contributed by atoms with Gasteiger partial charge < -0.3 is 10.5 Å². The minimum atomic E-state index is -4.06. The van der Waals surface area contributed by atoms with Gasteiger partial charge in [-0.3, -0.25) is 4.90 Å². The van der Waals surface area contributed by atoms with E-state index in [1.807, 2.05) is 0 Å². The fraction of sp³-hybridized carbons (Fsp3) is 0.409. The minimum absolute atomic E-state index is 0. The lowest BCUT2D eigenvalue weighted by Crippen LogP contribution is -2.49. The Morgan fingerprint density at radius 2 is 1.69 bits per heavy atom. The summed E-state index contributed by atoms with van der Waals surface area (Å²) in [4.78, 5) is 14.3. The molecule has 2 aromatic carbocycles. The van der Waals surface area contributed by atoms with Gasteiger partial charge in [0.1, 0.15) is 10.6 Å². The highest BCUT2D eigenvalue weighted by Gasteiger charge is 2.41. The molecule has 0 atom stereocenters. The van der Waals surface area contributed by atoms with Gasteiger partial charge in [-0.25, -0.2) is 13.2 Å². The molecule has 32 heavy (non-hydrogen) atoms. The van der Waals surface area contributed by atoms with E-state index in [4.69, 9.17) is 22.1 Å². The van der Waals surface area contributed by atoms with Crippen molar-refractivity contribution in [1.29, 1.82) is 0 Å². The van der Waals surface area contributed by atoms with E-state index in [-0.39, 0.29) is 23.0 Å². The van der Waals surface area contributed by atoms with Gasteiger partial charge in [-0.2, -0.15) is 4.31 Å². The predicted octanol–water partition coefficient (Wildman–Crippen LogP) is 4.67. The molecule has 1 saturated carbocycles. The molecule has 0 bridgehead atoms. The summed E-state index contributed by atoms with van der Waals surface area (Å²) in [5.74, 6) is 1.62. The molecule has 0 spiro atoms. The number of hydrogen-bond donors (Lipinski definition) is 1. The second-order valence-electron chi connectivity index (χ2n) is 8.15. The first kappa shape index (κ1) is 24.6. The fourth-order valence-corrected chi connectivity index (χ4v) is 5.93. The monoisotopic (exact) mass is 499 g/mol. The Morgan fingerprint density at radius 1 is 1.06 bits per heavy atom. The zero-order valence-electron chi connectivity index (χ0n) is 17.7. The average molecular weight is 500 g/mol. The van der Waals surface area contributed by atoms with Crippen molar-refractivity contribution in [1.82, 2.24) is 0 Å². The van der Waals surface area contributed by atoms with Crippen molar-refractivity contribution in [3.63, 3.8) is 0 Å². The molecular formula is C22H27Cl2N3O4S. The van der Waals surface area contributed by atoms with Crippen LogP contribution in [0.4, 0.5) is 16.2 Å². The number of carbonyl (C=O) groups is 1. The number of sulfonamides is 1. The molecule has 10 heteroatoms. The third-order valence-corrected chi connectivity index (χ3v) is 8.12. The van der Waals surface area contributed by atoms with E-state index < -0.39 is 16.1 Å². The second kappa shape index (κ2) is 9.87. The lowest BCUT2D eigenvalue weighted by Gasteiger charge is -2.34. The zero-order chi connectivity index (χ0) is 22.2. The maximum absolute atomic E-state index is 13.2. The topological polar surface area (TPSA) is 92.9 Å². The Kier molecular flexibility index (Phi) is 7.60. The van der Waals surface area contributed by atoms with Crippen molar-refractivity contribution in [3.05, 3.63) is 47.5 Å². The van der Waals surface area contributed by atoms with E-state index in [0.29, 0.717) is 34.9 Å². The van der Waals surface area contributed by atoms with Gasteiger partial charge in [-0.1, -0.05) is 11.6 Å². The summed E-state index contributed by atoms with van der Waals surface area (Å²) in [5.41, 5.74) is 6.30. The summed E-state index contributed by atoms with van der Waals surface area (Å²) in [7, 11) is -2.51. The van der Waals surface area contributed by atoms with Gasteiger partial charge in [-0.15, -0.1) is 12.4 Å². The van der Waals surface area contributed by atoms with Gasteiger partial charge in [0.05, 0.1) is 18.0 Å². The van der Waals surface area contributed by atoms with Crippen LogP contribution >= 0.6 is 24.0 Å². The van der Waals surface area contributed by atoms with Crippen LogP contribution in [0.2, 0.25) is 5.02 Å². The first-order valence-electron chi connectivity index (χ1n) is 10.4. The lowest BCUT2D eigenvalue weighted by molar-refractivity contribution is 0.185. The third-order valence-electron chi connectivity index (χ3n) is 6.12. The molecule has 0 saturated heterocycles. The Balaban J connectivity index is 0.00000289. The fourth-order valence-electron chi connectivity index (χ4n) is 4.18. The Hall–Kier alpha value is -2.00. The Morgan fingerprint density at radius 3 is 2.31 bits per heavy atom. The van der Waals surface area contributed by atoms with Crippen LogP contribution in [0.15, 0.2) is 47.4 Å². The van der Waals surface area contributed by atoms with Crippen LogP contribution in [0, 0.1) is 11.8 Å². The van der Waals surface area contributed by atoms with E-state index in [1.54, 1.807) is 31.3 Å². The molecule has 0 radical (unpaired) electrons. The van der Waals surface area contributed by atoms with Crippen LogP contribution in [0.3, 0.4) is 0 Å². The number of ether oxygens (including phenoxy) is 1. The van der Waals surface area contributed by atoms with Gasteiger partial charge in [0.25, 0.3) is 10.0 Å². The highest BCUT2D eigenvalue weighted by Crippen LogP contribution is 2.39. The SMILES string of the molecule is CN1C(=O)N(c2ccc(Cl)cc2)S(=O)(=O)c2ccc(OCC3CCC(CN)CC3)cc21.Cl. The second-order valence-corrected chi connectivity index (χ2v) is 10.3. The van der Waals surface area contributed by atoms with Crippen LogP contribution in [0.1, 0.15) is 25.7 Å². The van der Waals surface area contributed by atoms with Gasteiger partial charge in [0, 0.05) is 18.1 Å².